The highest BCUT2D eigenvalue weighted by molar-refractivity contribution is 7.10. The first-order valence-electron chi connectivity index (χ1n) is 5.44. The third-order valence-electron chi connectivity index (χ3n) is 2.83. The van der Waals surface area contributed by atoms with Gasteiger partial charge < -0.3 is 5.32 Å². The van der Waals surface area contributed by atoms with Crippen molar-refractivity contribution in [1.29, 1.82) is 0 Å². The first kappa shape index (κ1) is 11.4. The maximum atomic E-state index is 4.02. The number of aryl methyl sites for hydroxylation is 2. The van der Waals surface area contributed by atoms with Gasteiger partial charge in [0, 0.05) is 28.7 Å². The SMILES string of the molecule is Cc1ccsc1C(C)NCc1cn[nH]c1C. The Balaban J connectivity index is 1.97. The molecule has 0 aromatic carbocycles. The van der Waals surface area contributed by atoms with Gasteiger partial charge in [-0.3, -0.25) is 5.10 Å². The van der Waals surface area contributed by atoms with Gasteiger partial charge in [0.25, 0.3) is 0 Å². The third-order valence-corrected chi connectivity index (χ3v) is 4.03. The van der Waals surface area contributed by atoms with Gasteiger partial charge >= 0.3 is 0 Å². The lowest BCUT2D eigenvalue weighted by atomic mass is 10.2. The predicted molar refractivity (Wildman–Crippen MR) is 67.6 cm³/mol. The highest BCUT2D eigenvalue weighted by Crippen LogP contribution is 2.23. The Morgan fingerprint density at radius 2 is 2.31 bits per heavy atom. The minimum atomic E-state index is 0.397. The van der Waals surface area contributed by atoms with Gasteiger partial charge in [0.05, 0.1) is 6.20 Å². The molecule has 4 heteroatoms. The Bertz CT molecular complexity index is 458. The summed E-state index contributed by atoms with van der Waals surface area (Å²) in [6.45, 7) is 7.27. The van der Waals surface area contributed by atoms with Crippen LogP contribution in [0.3, 0.4) is 0 Å². The monoisotopic (exact) mass is 235 g/mol. The Morgan fingerprint density at radius 3 is 2.88 bits per heavy atom. The van der Waals surface area contributed by atoms with Crippen molar-refractivity contribution in [3.63, 3.8) is 0 Å². The van der Waals surface area contributed by atoms with Crippen LogP contribution in [0.1, 0.15) is 34.7 Å². The van der Waals surface area contributed by atoms with Crippen LogP contribution in [0.5, 0.6) is 0 Å². The van der Waals surface area contributed by atoms with Crippen molar-refractivity contribution in [1.82, 2.24) is 15.5 Å². The molecule has 16 heavy (non-hydrogen) atoms. The van der Waals surface area contributed by atoms with E-state index in [9.17, 15) is 0 Å². The normalized spacial score (nSPS) is 12.9. The molecular formula is C12H17N3S. The molecule has 1 atom stereocenters. The van der Waals surface area contributed by atoms with Gasteiger partial charge in [0.2, 0.25) is 0 Å². The molecule has 0 aliphatic heterocycles. The second-order valence-electron chi connectivity index (χ2n) is 4.09. The minimum absolute atomic E-state index is 0.397. The molecule has 2 rings (SSSR count). The lowest BCUT2D eigenvalue weighted by molar-refractivity contribution is 0.579. The predicted octanol–water partition coefficient (Wildman–Crippen LogP) is 2.94. The summed E-state index contributed by atoms with van der Waals surface area (Å²) >= 11 is 1.81. The van der Waals surface area contributed by atoms with Crippen LogP contribution < -0.4 is 5.32 Å². The van der Waals surface area contributed by atoms with E-state index in [2.05, 4.69) is 40.8 Å². The molecule has 2 aromatic heterocycles. The van der Waals surface area contributed by atoms with E-state index in [1.54, 1.807) is 0 Å². The maximum Gasteiger partial charge on any atom is 0.0535 e. The molecule has 0 saturated carbocycles. The Kier molecular flexibility index (Phi) is 3.41. The highest BCUT2D eigenvalue weighted by atomic mass is 32.1. The summed E-state index contributed by atoms with van der Waals surface area (Å²) in [5.74, 6) is 0. The molecule has 0 aliphatic carbocycles. The van der Waals surface area contributed by atoms with Crippen LogP contribution in [-0.2, 0) is 6.54 Å². The van der Waals surface area contributed by atoms with Gasteiger partial charge in [-0.25, -0.2) is 0 Å². The molecule has 0 aliphatic rings. The van der Waals surface area contributed by atoms with Crippen molar-refractivity contribution in [3.8, 4) is 0 Å². The molecule has 0 amide bonds. The van der Waals surface area contributed by atoms with Gasteiger partial charge in [-0.05, 0) is 37.8 Å². The fourth-order valence-electron chi connectivity index (χ4n) is 1.74. The van der Waals surface area contributed by atoms with Crippen LogP contribution in [0.25, 0.3) is 0 Å². The smallest absolute Gasteiger partial charge is 0.0535 e. The van der Waals surface area contributed by atoms with Crippen molar-refractivity contribution in [2.75, 3.05) is 0 Å². The standard InChI is InChI=1S/C12H17N3S/c1-8-4-5-16-12(8)10(3)13-6-11-7-14-15-9(11)2/h4-5,7,10,13H,6H2,1-3H3,(H,14,15). The summed E-state index contributed by atoms with van der Waals surface area (Å²) in [6.07, 6.45) is 1.89. The van der Waals surface area contributed by atoms with Crippen molar-refractivity contribution < 1.29 is 0 Å². The largest absolute Gasteiger partial charge is 0.305 e. The maximum absolute atomic E-state index is 4.02. The molecule has 2 N–H and O–H groups in total. The molecule has 3 nitrogen and oxygen atoms in total. The molecule has 86 valence electrons. The third kappa shape index (κ3) is 2.33. The van der Waals surface area contributed by atoms with E-state index in [1.165, 1.54) is 16.0 Å². The fraction of sp³-hybridized carbons (Fsp3) is 0.417. The number of thiophene rings is 1. The molecule has 2 aromatic rings. The van der Waals surface area contributed by atoms with Crippen molar-refractivity contribution in [2.45, 2.75) is 33.4 Å². The summed E-state index contributed by atoms with van der Waals surface area (Å²) in [6, 6.07) is 2.57. The summed E-state index contributed by atoms with van der Waals surface area (Å²) in [5.41, 5.74) is 3.75. The summed E-state index contributed by atoms with van der Waals surface area (Å²) in [4.78, 5) is 1.42. The Morgan fingerprint density at radius 1 is 1.50 bits per heavy atom. The van der Waals surface area contributed by atoms with E-state index in [0.29, 0.717) is 6.04 Å². The number of hydrogen-bond donors (Lipinski definition) is 2. The highest BCUT2D eigenvalue weighted by Gasteiger charge is 2.10. The van der Waals surface area contributed by atoms with Gasteiger partial charge in [-0.2, -0.15) is 5.10 Å². The fourth-order valence-corrected chi connectivity index (χ4v) is 2.70. The Labute approximate surface area is 99.9 Å². The first-order chi connectivity index (χ1) is 7.68. The van der Waals surface area contributed by atoms with Gasteiger partial charge in [-0.1, -0.05) is 0 Å². The molecule has 0 radical (unpaired) electrons. The topological polar surface area (TPSA) is 40.7 Å². The first-order valence-corrected chi connectivity index (χ1v) is 6.32. The Hall–Kier alpha value is -1.13. The lowest BCUT2D eigenvalue weighted by Crippen LogP contribution is -2.17. The lowest BCUT2D eigenvalue weighted by Gasteiger charge is -2.13. The number of nitrogens with one attached hydrogen (secondary N) is 2. The number of nitrogens with zero attached hydrogens (tertiary/aromatic N) is 1. The zero-order valence-electron chi connectivity index (χ0n) is 9.87. The second kappa shape index (κ2) is 4.80. The van der Waals surface area contributed by atoms with E-state index in [-0.39, 0.29) is 0 Å². The van der Waals surface area contributed by atoms with Crippen LogP contribution in [-0.4, -0.2) is 10.2 Å². The number of aromatic amines is 1. The number of H-pyrrole nitrogens is 1. The molecule has 0 saturated heterocycles. The minimum Gasteiger partial charge on any atom is -0.305 e. The average Bonchev–Trinajstić information content (AvgIpc) is 2.84. The molecule has 0 spiro atoms. The zero-order valence-corrected chi connectivity index (χ0v) is 10.7. The van der Waals surface area contributed by atoms with Crippen LogP contribution >= 0.6 is 11.3 Å². The van der Waals surface area contributed by atoms with Crippen LogP contribution in [0, 0.1) is 13.8 Å². The number of aromatic nitrogens is 2. The van der Waals surface area contributed by atoms with E-state index in [1.807, 2.05) is 24.5 Å². The van der Waals surface area contributed by atoms with E-state index in [4.69, 9.17) is 0 Å². The summed E-state index contributed by atoms with van der Waals surface area (Å²) < 4.78 is 0. The molecule has 2 heterocycles. The molecule has 1 unspecified atom stereocenters. The molecule has 0 fully saturated rings. The van der Waals surface area contributed by atoms with Crippen molar-refractivity contribution >= 4 is 11.3 Å². The molecular weight excluding hydrogens is 218 g/mol. The van der Waals surface area contributed by atoms with Crippen molar-refractivity contribution in [2.24, 2.45) is 0 Å². The van der Waals surface area contributed by atoms with Crippen LogP contribution in [0.15, 0.2) is 17.6 Å². The molecule has 0 bridgehead atoms. The number of rotatable bonds is 4. The zero-order chi connectivity index (χ0) is 11.5. The quantitative estimate of drug-likeness (QED) is 0.855. The van der Waals surface area contributed by atoms with Crippen LogP contribution in [0.4, 0.5) is 0 Å². The summed E-state index contributed by atoms with van der Waals surface area (Å²) in [5, 5.41) is 12.6. The van der Waals surface area contributed by atoms with Gasteiger partial charge in [0.1, 0.15) is 0 Å². The second-order valence-corrected chi connectivity index (χ2v) is 5.04. The number of hydrogen-bond acceptors (Lipinski definition) is 3. The van der Waals surface area contributed by atoms with Crippen molar-refractivity contribution in [3.05, 3.63) is 39.3 Å². The summed E-state index contributed by atoms with van der Waals surface area (Å²) in [7, 11) is 0. The van der Waals surface area contributed by atoms with E-state index in [0.717, 1.165) is 12.2 Å². The average molecular weight is 235 g/mol. The van der Waals surface area contributed by atoms with E-state index < -0.39 is 0 Å². The van der Waals surface area contributed by atoms with Gasteiger partial charge in [0.15, 0.2) is 0 Å². The van der Waals surface area contributed by atoms with Gasteiger partial charge in [-0.15, -0.1) is 11.3 Å². The van der Waals surface area contributed by atoms with E-state index >= 15 is 0 Å². The van der Waals surface area contributed by atoms with Crippen LogP contribution in [0.2, 0.25) is 0 Å².